The summed E-state index contributed by atoms with van der Waals surface area (Å²) < 4.78 is 41.3. The Hall–Kier alpha value is -6.07. The number of nitrogens with one attached hydrogen (secondary N) is 2. The molecule has 3 N–H and O–H groups in total. The van der Waals surface area contributed by atoms with Crippen LogP contribution in [-0.2, 0) is 29.0 Å². The van der Waals surface area contributed by atoms with E-state index in [9.17, 15) is 13.6 Å². The second-order valence-electron chi connectivity index (χ2n) is 12.1. The largest absolute Gasteiger partial charge is 0.494 e. The topological polar surface area (TPSA) is 141 Å². The van der Waals surface area contributed by atoms with E-state index in [-0.39, 0.29) is 37.6 Å². The highest BCUT2D eigenvalue weighted by Crippen LogP contribution is 2.43. The number of hydrogen-bond acceptors (Lipinski definition) is 7. The van der Waals surface area contributed by atoms with Crippen LogP contribution in [0.4, 0.5) is 8.78 Å². The quantitative estimate of drug-likeness (QED) is 0.0340. The van der Waals surface area contributed by atoms with E-state index in [1.165, 1.54) is 6.07 Å². The lowest BCUT2D eigenvalue weighted by molar-refractivity contribution is -0.130. The molecule has 5 aromatic rings. The first-order valence-electron chi connectivity index (χ1n) is 16.7. The standard InChI is InChI=1S/C40H36F2N6O4/c41-35-12-6-13-36(42)34(35)26-44-47-39(50)40(24-31-10-4-5-11-32(31)25-45-48-43)37(29-16-14-28(15-17-29)27-8-2-1-3-9-27)52-38(46-40)30-18-20-33(21-19-30)51-23-7-22-49/h1-6,8-21,37,44,49H,7,22-26H2,(H,47,50)/t37-,40-/m0/s1. The van der Waals surface area contributed by atoms with Gasteiger partial charge in [0, 0.05) is 42.0 Å². The Kier molecular flexibility index (Phi) is 11.5. The fourth-order valence-electron chi connectivity index (χ4n) is 6.07. The third kappa shape index (κ3) is 8.11. The number of azide groups is 1. The summed E-state index contributed by atoms with van der Waals surface area (Å²) >= 11 is 0. The van der Waals surface area contributed by atoms with Crippen LogP contribution in [0.5, 0.6) is 5.75 Å². The average molecular weight is 703 g/mol. The van der Waals surface area contributed by atoms with Gasteiger partial charge in [-0.3, -0.25) is 10.2 Å². The van der Waals surface area contributed by atoms with Gasteiger partial charge in [-0.15, -0.1) is 0 Å². The van der Waals surface area contributed by atoms with Crippen LogP contribution in [0.1, 0.15) is 40.3 Å². The van der Waals surface area contributed by atoms with Crippen molar-refractivity contribution in [2.45, 2.75) is 37.6 Å². The van der Waals surface area contributed by atoms with Crippen molar-refractivity contribution in [2.75, 3.05) is 13.2 Å². The maximum absolute atomic E-state index is 14.6. The molecule has 52 heavy (non-hydrogen) atoms. The fourth-order valence-corrected chi connectivity index (χ4v) is 6.07. The Labute approximate surface area is 299 Å². The van der Waals surface area contributed by atoms with Gasteiger partial charge >= 0.3 is 0 Å². The predicted octanol–water partition coefficient (Wildman–Crippen LogP) is 7.52. The fraction of sp³-hybridized carbons (Fsp3) is 0.200. The molecule has 0 radical (unpaired) electrons. The SMILES string of the molecule is [N-]=[N+]=NCc1ccccc1C[C@]1(C(=O)NNCc2c(F)cccc2F)N=C(c2ccc(OCCCO)cc2)O[C@H]1c1ccc(-c2ccccc2)cc1. The number of hydrazine groups is 1. The lowest BCUT2D eigenvalue weighted by atomic mass is 9.80. The molecular weight excluding hydrogens is 666 g/mol. The second kappa shape index (κ2) is 16.8. The molecule has 1 amide bonds. The van der Waals surface area contributed by atoms with Crippen LogP contribution in [0.25, 0.3) is 21.6 Å². The summed E-state index contributed by atoms with van der Waals surface area (Å²) in [5, 5.41) is 12.9. The third-order valence-corrected chi connectivity index (χ3v) is 8.76. The first kappa shape index (κ1) is 35.7. The van der Waals surface area contributed by atoms with Crippen molar-refractivity contribution in [3.05, 3.63) is 171 Å². The minimum Gasteiger partial charge on any atom is -0.494 e. The highest BCUT2D eigenvalue weighted by Gasteiger charge is 2.53. The van der Waals surface area contributed by atoms with E-state index in [0.29, 0.717) is 41.0 Å². The Morgan fingerprint density at radius 3 is 2.21 bits per heavy atom. The summed E-state index contributed by atoms with van der Waals surface area (Å²) in [7, 11) is 0. The van der Waals surface area contributed by atoms with E-state index in [2.05, 4.69) is 20.9 Å². The monoisotopic (exact) mass is 702 g/mol. The molecule has 1 heterocycles. The van der Waals surface area contributed by atoms with Crippen LogP contribution in [0.3, 0.4) is 0 Å². The minimum absolute atomic E-state index is 0.0106. The van der Waals surface area contributed by atoms with Gasteiger partial charge in [-0.2, -0.15) is 0 Å². The van der Waals surface area contributed by atoms with Gasteiger partial charge in [0.1, 0.15) is 17.4 Å². The van der Waals surface area contributed by atoms with Crippen LogP contribution in [0.2, 0.25) is 0 Å². The van der Waals surface area contributed by atoms with Crippen LogP contribution in [-0.4, -0.2) is 35.7 Å². The number of halogens is 2. The number of aliphatic hydroxyl groups excluding tert-OH is 1. The number of nitrogens with zero attached hydrogens (tertiary/aromatic N) is 4. The van der Waals surface area contributed by atoms with Crippen molar-refractivity contribution < 1.29 is 28.2 Å². The number of aliphatic imine (C=N–C) groups is 1. The van der Waals surface area contributed by atoms with Crippen molar-refractivity contribution in [1.29, 1.82) is 0 Å². The van der Waals surface area contributed by atoms with Gasteiger partial charge in [-0.05, 0) is 69.7 Å². The van der Waals surface area contributed by atoms with Crippen molar-refractivity contribution in [3.8, 4) is 16.9 Å². The Balaban J connectivity index is 1.42. The summed E-state index contributed by atoms with van der Waals surface area (Å²) in [6, 6.07) is 35.4. The molecule has 10 nitrogen and oxygen atoms in total. The summed E-state index contributed by atoms with van der Waals surface area (Å²) in [5.74, 6) is -1.34. The normalized spacial score (nSPS) is 16.4. The smallest absolute Gasteiger partial charge is 0.266 e. The van der Waals surface area contributed by atoms with Crippen LogP contribution >= 0.6 is 0 Å². The van der Waals surface area contributed by atoms with E-state index in [4.69, 9.17) is 25.1 Å². The van der Waals surface area contributed by atoms with E-state index >= 15 is 0 Å². The summed E-state index contributed by atoms with van der Waals surface area (Å²) in [6.07, 6.45) is -0.464. The third-order valence-electron chi connectivity index (χ3n) is 8.76. The maximum atomic E-state index is 14.6. The summed E-state index contributed by atoms with van der Waals surface area (Å²) in [4.78, 5) is 22.6. The van der Waals surface area contributed by atoms with Gasteiger partial charge in [0.2, 0.25) is 5.90 Å². The molecule has 0 saturated heterocycles. The van der Waals surface area contributed by atoms with E-state index in [1.54, 1.807) is 24.3 Å². The molecule has 0 spiro atoms. The molecule has 6 rings (SSSR count). The van der Waals surface area contributed by atoms with Crippen molar-refractivity contribution >= 4 is 11.8 Å². The molecule has 0 bridgehead atoms. The van der Waals surface area contributed by atoms with E-state index in [0.717, 1.165) is 23.3 Å². The number of ether oxygens (including phenoxy) is 2. The van der Waals surface area contributed by atoms with Crippen molar-refractivity contribution in [3.63, 3.8) is 0 Å². The van der Waals surface area contributed by atoms with Crippen molar-refractivity contribution in [1.82, 2.24) is 10.9 Å². The number of hydrogen-bond donors (Lipinski definition) is 3. The zero-order valence-corrected chi connectivity index (χ0v) is 28.1. The van der Waals surface area contributed by atoms with Crippen molar-refractivity contribution in [2.24, 2.45) is 10.1 Å². The van der Waals surface area contributed by atoms with Gasteiger partial charge in [0.25, 0.3) is 5.91 Å². The molecule has 12 heteroatoms. The molecular formula is C40H36F2N6O4. The molecule has 0 saturated carbocycles. The Morgan fingerprint density at radius 1 is 0.865 bits per heavy atom. The van der Waals surface area contributed by atoms with Gasteiger partial charge in [0.05, 0.1) is 13.2 Å². The van der Waals surface area contributed by atoms with E-state index in [1.807, 2.05) is 78.9 Å². The number of carbonyl (C=O) groups is 1. The molecule has 0 aliphatic carbocycles. The molecule has 0 fully saturated rings. The molecule has 5 aromatic carbocycles. The lowest BCUT2D eigenvalue weighted by Crippen LogP contribution is -2.53. The summed E-state index contributed by atoms with van der Waals surface area (Å²) in [5.41, 5.74) is 17.2. The van der Waals surface area contributed by atoms with Crippen LogP contribution < -0.4 is 15.6 Å². The highest BCUT2D eigenvalue weighted by atomic mass is 19.1. The first-order chi connectivity index (χ1) is 25.4. The number of amides is 1. The summed E-state index contributed by atoms with van der Waals surface area (Å²) in [6.45, 7) is 0.0630. The minimum atomic E-state index is -1.66. The van der Waals surface area contributed by atoms with Gasteiger partial charge in [-0.1, -0.05) is 90.0 Å². The lowest BCUT2D eigenvalue weighted by Gasteiger charge is -2.31. The molecule has 1 aliphatic heterocycles. The number of benzene rings is 5. The van der Waals surface area contributed by atoms with Crippen LogP contribution in [0, 0.1) is 11.6 Å². The van der Waals surface area contributed by atoms with Gasteiger partial charge in [-0.25, -0.2) is 19.2 Å². The average Bonchev–Trinajstić information content (AvgIpc) is 3.56. The number of carbonyl (C=O) groups excluding carboxylic acids is 1. The van der Waals surface area contributed by atoms with E-state index < -0.39 is 29.2 Å². The molecule has 0 aromatic heterocycles. The zero-order chi connectivity index (χ0) is 36.3. The number of rotatable bonds is 15. The molecule has 2 atom stereocenters. The second-order valence-corrected chi connectivity index (χ2v) is 12.1. The molecule has 1 aliphatic rings. The zero-order valence-electron chi connectivity index (χ0n) is 28.1. The Bertz CT molecular complexity index is 2050. The van der Waals surface area contributed by atoms with Gasteiger partial charge in [0.15, 0.2) is 11.6 Å². The predicted molar refractivity (Wildman–Crippen MR) is 193 cm³/mol. The highest BCUT2D eigenvalue weighted by molar-refractivity contribution is 6.01. The number of aliphatic hydroxyl groups is 1. The Morgan fingerprint density at radius 2 is 1.52 bits per heavy atom. The maximum Gasteiger partial charge on any atom is 0.266 e. The molecule has 0 unspecified atom stereocenters. The van der Waals surface area contributed by atoms with Crippen LogP contribution in [0.15, 0.2) is 131 Å². The van der Waals surface area contributed by atoms with Gasteiger partial charge < -0.3 is 14.6 Å². The molecule has 264 valence electrons. The first-order valence-corrected chi connectivity index (χ1v) is 16.7.